The summed E-state index contributed by atoms with van der Waals surface area (Å²) in [4.78, 5) is 19.3. The molecule has 0 amide bonds. The highest BCUT2D eigenvalue weighted by molar-refractivity contribution is 6.30. The minimum atomic E-state index is -0.512. The number of fused-ring (bicyclic) bond motifs is 1. The zero-order valence-electron chi connectivity index (χ0n) is 19.4. The number of aromatic nitrogens is 1. The number of hydrogen-bond donors (Lipinski definition) is 0. The van der Waals surface area contributed by atoms with Crippen molar-refractivity contribution in [3.8, 4) is 23.0 Å². The number of benzene rings is 2. The van der Waals surface area contributed by atoms with E-state index >= 15 is 0 Å². The average molecular weight is 487 g/mol. The second-order valence-electron chi connectivity index (χ2n) is 9.06. The molecule has 0 bridgehead atoms. The molecule has 5 rings (SSSR count). The number of likely N-dealkylation sites (tertiary alicyclic amines) is 1. The Labute approximate surface area is 208 Å². The van der Waals surface area contributed by atoms with Crippen LogP contribution in [0.4, 0.5) is 4.39 Å². The summed E-state index contributed by atoms with van der Waals surface area (Å²) in [5.41, 5.74) is 2.51. The number of pyridine rings is 1. The van der Waals surface area contributed by atoms with Crippen molar-refractivity contribution in [2.75, 3.05) is 13.1 Å². The molecule has 1 aliphatic heterocycles. The van der Waals surface area contributed by atoms with Crippen LogP contribution in [0.2, 0.25) is 5.02 Å². The van der Waals surface area contributed by atoms with Gasteiger partial charge in [0, 0.05) is 28.4 Å². The van der Waals surface area contributed by atoms with Crippen molar-refractivity contribution in [2.24, 2.45) is 5.92 Å². The zero-order valence-corrected chi connectivity index (χ0v) is 20.1. The Morgan fingerprint density at radius 3 is 2.57 bits per heavy atom. The van der Waals surface area contributed by atoms with E-state index in [0.717, 1.165) is 24.6 Å². The van der Waals surface area contributed by atoms with Crippen LogP contribution in [-0.4, -0.2) is 23.0 Å². The van der Waals surface area contributed by atoms with Crippen LogP contribution in [0, 0.1) is 23.6 Å². The van der Waals surface area contributed by atoms with Gasteiger partial charge in [0.1, 0.15) is 17.0 Å². The SMILES string of the molecule is CC1CCN(Cc2cc(=O)c3cc(C#Cc4ncc(-c5ccc(Cl)cc5)cc4F)ccc3o2)CC1. The van der Waals surface area contributed by atoms with Crippen molar-refractivity contribution in [1.82, 2.24) is 9.88 Å². The van der Waals surface area contributed by atoms with E-state index in [-0.39, 0.29) is 11.1 Å². The fraction of sp³-hybridized carbons (Fsp3) is 0.241. The smallest absolute Gasteiger partial charge is 0.193 e. The van der Waals surface area contributed by atoms with Crippen molar-refractivity contribution < 1.29 is 8.81 Å². The van der Waals surface area contributed by atoms with E-state index in [9.17, 15) is 9.18 Å². The van der Waals surface area contributed by atoms with Crippen LogP contribution >= 0.6 is 11.6 Å². The fourth-order valence-corrected chi connectivity index (χ4v) is 4.39. The van der Waals surface area contributed by atoms with Crippen molar-refractivity contribution >= 4 is 22.6 Å². The molecule has 6 heteroatoms. The summed E-state index contributed by atoms with van der Waals surface area (Å²) >= 11 is 5.92. The van der Waals surface area contributed by atoms with E-state index in [1.54, 1.807) is 42.6 Å². The van der Waals surface area contributed by atoms with Crippen LogP contribution in [0.1, 0.15) is 36.8 Å². The number of hydrogen-bond acceptors (Lipinski definition) is 4. The predicted molar refractivity (Wildman–Crippen MR) is 137 cm³/mol. The number of halogens is 2. The third-order valence-corrected chi connectivity index (χ3v) is 6.63. The lowest BCUT2D eigenvalue weighted by molar-refractivity contribution is 0.174. The van der Waals surface area contributed by atoms with Crippen molar-refractivity contribution in [3.63, 3.8) is 0 Å². The van der Waals surface area contributed by atoms with Crippen molar-refractivity contribution in [3.05, 3.63) is 98.9 Å². The molecule has 1 aliphatic rings. The molecule has 0 spiro atoms. The van der Waals surface area contributed by atoms with Gasteiger partial charge in [-0.05, 0) is 79.7 Å². The Bertz CT molecular complexity index is 1490. The van der Waals surface area contributed by atoms with Gasteiger partial charge < -0.3 is 4.42 Å². The molecular weight excluding hydrogens is 463 g/mol. The second-order valence-corrected chi connectivity index (χ2v) is 9.49. The lowest BCUT2D eigenvalue weighted by Gasteiger charge is -2.29. The molecule has 35 heavy (non-hydrogen) atoms. The summed E-state index contributed by atoms with van der Waals surface area (Å²) in [5.74, 6) is 6.59. The number of rotatable bonds is 3. The molecule has 0 N–H and O–H groups in total. The fourth-order valence-electron chi connectivity index (χ4n) is 4.26. The highest BCUT2D eigenvalue weighted by atomic mass is 35.5. The first-order valence-electron chi connectivity index (χ1n) is 11.7. The molecule has 0 unspecified atom stereocenters. The van der Waals surface area contributed by atoms with Gasteiger partial charge in [-0.25, -0.2) is 9.37 Å². The first kappa shape index (κ1) is 23.3. The second kappa shape index (κ2) is 10.0. The summed E-state index contributed by atoms with van der Waals surface area (Å²) in [6.07, 6.45) is 3.91. The molecule has 0 saturated carbocycles. The quantitative estimate of drug-likeness (QED) is 0.320. The van der Waals surface area contributed by atoms with E-state index in [1.807, 2.05) is 12.1 Å². The molecule has 4 aromatic rings. The highest BCUT2D eigenvalue weighted by Gasteiger charge is 2.17. The molecule has 0 radical (unpaired) electrons. The largest absolute Gasteiger partial charge is 0.459 e. The molecule has 1 saturated heterocycles. The third-order valence-electron chi connectivity index (χ3n) is 6.38. The molecular formula is C29H24ClFN2O2. The molecule has 0 atom stereocenters. The zero-order chi connectivity index (χ0) is 24.4. The van der Waals surface area contributed by atoms with Gasteiger partial charge in [-0.3, -0.25) is 9.69 Å². The van der Waals surface area contributed by atoms with Crippen LogP contribution in [0.25, 0.3) is 22.1 Å². The number of piperidine rings is 1. The van der Waals surface area contributed by atoms with Crippen LogP contribution in [-0.2, 0) is 6.54 Å². The lowest BCUT2D eigenvalue weighted by atomic mass is 9.99. The Hall–Kier alpha value is -3.46. The Kier molecular flexibility index (Phi) is 6.68. The van der Waals surface area contributed by atoms with Gasteiger partial charge in [-0.15, -0.1) is 0 Å². The predicted octanol–water partition coefficient (Wildman–Crippen LogP) is 6.28. The summed E-state index contributed by atoms with van der Waals surface area (Å²) in [7, 11) is 0. The molecule has 1 fully saturated rings. The molecule has 2 aromatic carbocycles. The Balaban J connectivity index is 1.36. The Morgan fingerprint density at radius 2 is 1.83 bits per heavy atom. The standard InChI is InChI=1S/C29H24ClFN2O2/c1-19-10-12-33(13-11-19)18-24-16-28(34)25-14-20(3-9-29(25)35-24)2-8-27-26(31)15-22(17-32-27)21-4-6-23(30)7-5-21/h3-7,9,14-17,19H,10-13,18H2,1H3. The minimum Gasteiger partial charge on any atom is -0.459 e. The van der Waals surface area contributed by atoms with Crippen LogP contribution < -0.4 is 5.43 Å². The summed E-state index contributed by atoms with van der Waals surface area (Å²) < 4.78 is 20.6. The average Bonchev–Trinajstić information content (AvgIpc) is 2.85. The summed E-state index contributed by atoms with van der Waals surface area (Å²) in [6.45, 7) is 4.94. The molecule has 3 heterocycles. The molecule has 0 aliphatic carbocycles. The molecule has 2 aromatic heterocycles. The van der Waals surface area contributed by atoms with Crippen LogP contribution in [0.3, 0.4) is 0 Å². The van der Waals surface area contributed by atoms with Gasteiger partial charge in [-0.2, -0.15) is 0 Å². The van der Waals surface area contributed by atoms with Crippen molar-refractivity contribution in [1.29, 1.82) is 0 Å². The minimum absolute atomic E-state index is 0.0426. The van der Waals surface area contributed by atoms with Gasteiger partial charge in [0.25, 0.3) is 0 Å². The highest BCUT2D eigenvalue weighted by Crippen LogP contribution is 2.23. The van der Waals surface area contributed by atoms with E-state index in [1.165, 1.54) is 18.9 Å². The molecule has 4 nitrogen and oxygen atoms in total. The summed E-state index contributed by atoms with van der Waals surface area (Å²) in [5, 5.41) is 1.07. The van der Waals surface area contributed by atoms with E-state index in [2.05, 4.69) is 28.6 Å². The Morgan fingerprint density at radius 1 is 1.06 bits per heavy atom. The maximum absolute atomic E-state index is 14.6. The summed E-state index contributed by atoms with van der Waals surface area (Å²) in [6, 6.07) is 15.3. The van der Waals surface area contributed by atoms with E-state index in [4.69, 9.17) is 16.0 Å². The number of nitrogens with zero attached hydrogens (tertiary/aromatic N) is 2. The topological polar surface area (TPSA) is 46.3 Å². The maximum Gasteiger partial charge on any atom is 0.193 e. The van der Waals surface area contributed by atoms with Crippen LogP contribution in [0.5, 0.6) is 0 Å². The van der Waals surface area contributed by atoms with Gasteiger partial charge >= 0.3 is 0 Å². The van der Waals surface area contributed by atoms with Gasteiger partial charge in [0.05, 0.1) is 11.9 Å². The van der Waals surface area contributed by atoms with Gasteiger partial charge in [-0.1, -0.05) is 36.6 Å². The van der Waals surface area contributed by atoms with Crippen LogP contribution in [0.15, 0.2) is 70.0 Å². The lowest BCUT2D eigenvalue weighted by Crippen LogP contribution is -2.32. The van der Waals surface area contributed by atoms with E-state index < -0.39 is 5.82 Å². The van der Waals surface area contributed by atoms with Crippen molar-refractivity contribution in [2.45, 2.75) is 26.3 Å². The maximum atomic E-state index is 14.6. The third kappa shape index (κ3) is 5.45. The van der Waals surface area contributed by atoms with Gasteiger partial charge in [0.2, 0.25) is 0 Å². The molecule has 176 valence electrons. The van der Waals surface area contributed by atoms with Gasteiger partial charge in [0.15, 0.2) is 11.2 Å². The first-order chi connectivity index (χ1) is 16.9. The van der Waals surface area contributed by atoms with E-state index in [0.29, 0.717) is 39.4 Å². The monoisotopic (exact) mass is 486 g/mol. The normalized spacial score (nSPS) is 14.6. The first-order valence-corrected chi connectivity index (χ1v) is 12.0.